The predicted octanol–water partition coefficient (Wildman–Crippen LogP) is 6.60. The Morgan fingerprint density at radius 3 is 2.48 bits per heavy atom. The molecule has 1 atom stereocenters. The molecule has 0 saturated heterocycles. The van der Waals surface area contributed by atoms with Crippen molar-refractivity contribution in [3.8, 4) is 0 Å². The summed E-state index contributed by atoms with van der Waals surface area (Å²) in [6.07, 6.45) is 16.5. The van der Waals surface area contributed by atoms with Gasteiger partial charge >= 0.3 is 0 Å². The van der Waals surface area contributed by atoms with E-state index in [1.54, 1.807) is 0 Å². The highest BCUT2D eigenvalue weighted by Gasteiger charge is 2.08. The van der Waals surface area contributed by atoms with Crippen molar-refractivity contribution in [1.82, 2.24) is 4.90 Å². The highest BCUT2D eigenvalue weighted by molar-refractivity contribution is 5.32. The second-order valence-electron chi connectivity index (χ2n) is 6.33. The Morgan fingerprint density at radius 2 is 1.93 bits per heavy atom. The second kappa shape index (κ2) is 12.6. The lowest BCUT2D eigenvalue weighted by Gasteiger charge is -2.24. The first-order chi connectivity index (χ1) is 13.0. The number of aliphatic imine (C=N–C) groups is 1. The molecule has 2 nitrogen and oxygen atoms in total. The highest BCUT2D eigenvalue weighted by Crippen LogP contribution is 2.16. The first-order valence-electron chi connectivity index (χ1n) is 9.36. The van der Waals surface area contributed by atoms with Gasteiger partial charge in [0.15, 0.2) is 0 Å². The van der Waals surface area contributed by atoms with Crippen molar-refractivity contribution >= 4 is 6.72 Å². The normalized spacial score (nSPS) is 13.9. The van der Waals surface area contributed by atoms with Crippen LogP contribution in [0.4, 0.5) is 4.39 Å². The van der Waals surface area contributed by atoms with E-state index in [2.05, 4.69) is 43.2 Å². The van der Waals surface area contributed by atoms with Gasteiger partial charge in [0.2, 0.25) is 0 Å². The molecule has 0 heterocycles. The lowest BCUT2D eigenvalue weighted by Crippen LogP contribution is -2.23. The average Bonchev–Trinajstić information content (AvgIpc) is 2.69. The molecule has 3 heteroatoms. The maximum absolute atomic E-state index is 13.0. The van der Waals surface area contributed by atoms with Gasteiger partial charge in [0.25, 0.3) is 0 Å². The third-order valence-electron chi connectivity index (χ3n) is 4.31. The van der Waals surface area contributed by atoms with Crippen LogP contribution in [0.2, 0.25) is 0 Å². The van der Waals surface area contributed by atoms with Crippen molar-refractivity contribution < 1.29 is 4.39 Å². The van der Waals surface area contributed by atoms with E-state index in [9.17, 15) is 4.39 Å². The average molecular weight is 367 g/mol. The van der Waals surface area contributed by atoms with Gasteiger partial charge in [0.05, 0.1) is 5.70 Å². The molecule has 0 amide bonds. The van der Waals surface area contributed by atoms with Gasteiger partial charge in [-0.15, -0.1) is 0 Å². The van der Waals surface area contributed by atoms with Gasteiger partial charge in [-0.25, -0.2) is 4.39 Å². The van der Waals surface area contributed by atoms with Crippen molar-refractivity contribution in [2.45, 2.75) is 46.1 Å². The Bertz CT molecular complexity index is 708. The van der Waals surface area contributed by atoms with Gasteiger partial charge in [-0.1, -0.05) is 56.0 Å². The van der Waals surface area contributed by atoms with Crippen LogP contribution in [-0.4, -0.2) is 17.7 Å². The molecule has 0 N–H and O–H groups in total. The minimum atomic E-state index is -0.215. The summed E-state index contributed by atoms with van der Waals surface area (Å²) >= 11 is 0. The molecule has 1 aromatic carbocycles. The Morgan fingerprint density at radius 1 is 1.22 bits per heavy atom. The number of allylic oxidation sites excluding steroid dienone is 7. The third kappa shape index (κ3) is 8.50. The van der Waals surface area contributed by atoms with Crippen molar-refractivity contribution in [2.75, 3.05) is 0 Å². The zero-order chi connectivity index (χ0) is 20.1. The SMILES string of the molecule is C=CC(/C=C/C=C/C)=C\N(/C=C(/CCc1ccc(F)cc1)N=C)C(C)CC. The van der Waals surface area contributed by atoms with Crippen LogP contribution >= 0.6 is 0 Å². The summed E-state index contributed by atoms with van der Waals surface area (Å²) in [5.74, 6) is -0.215. The van der Waals surface area contributed by atoms with Gasteiger partial charge < -0.3 is 4.90 Å². The van der Waals surface area contributed by atoms with E-state index in [-0.39, 0.29) is 5.82 Å². The van der Waals surface area contributed by atoms with E-state index < -0.39 is 0 Å². The quantitative estimate of drug-likeness (QED) is 0.318. The van der Waals surface area contributed by atoms with Crippen molar-refractivity contribution in [1.29, 1.82) is 0 Å². The number of rotatable bonds is 11. The summed E-state index contributed by atoms with van der Waals surface area (Å²) in [7, 11) is 0. The van der Waals surface area contributed by atoms with Crippen LogP contribution in [0.25, 0.3) is 0 Å². The molecule has 0 aliphatic rings. The molecule has 1 rings (SSSR count). The van der Waals surface area contributed by atoms with Gasteiger partial charge in [-0.2, -0.15) is 0 Å². The van der Waals surface area contributed by atoms with E-state index in [4.69, 9.17) is 0 Å². The van der Waals surface area contributed by atoms with Crippen molar-refractivity contribution in [3.63, 3.8) is 0 Å². The number of halogens is 1. The maximum Gasteiger partial charge on any atom is 0.123 e. The number of benzene rings is 1. The lowest BCUT2D eigenvalue weighted by atomic mass is 10.1. The largest absolute Gasteiger partial charge is 0.349 e. The molecule has 27 heavy (non-hydrogen) atoms. The molecule has 0 saturated carbocycles. The summed E-state index contributed by atoms with van der Waals surface area (Å²) in [6.45, 7) is 13.9. The van der Waals surface area contributed by atoms with Crippen LogP contribution in [0.5, 0.6) is 0 Å². The second-order valence-corrected chi connectivity index (χ2v) is 6.33. The Labute approximate surface area is 163 Å². The topological polar surface area (TPSA) is 15.6 Å². The molecule has 144 valence electrons. The fourth-order valence-corrected chi connectivity index (χ4v) is 2.40. The summed E-state index contributed by atoms with van der Waals surface area (Å²) in [5, 5.41) is 0. The Hall–Kier alpha value is -2.68. The third-order valence-corrected chi connectivity index (χ3v) is 4.31. The molecular formula is C24H31FN2. The predicted molar refractivity (Wildman–Crippen MR) is 116 cm³/mol. The number of hydrogen-bond acceptors (Lipinski definition) is 2. The first-order valence-corrected chi connectivity index (χ1v) is 9.36. The first kappa shape index (κ1) is 22.4. The van der Waals surface area contributed by atoms with Crippen LogP contribution in [0.3, 0.4) is 0 Å². The van der Waals surface area contributed by atoms with E-state index >= 15 is 0 Å². The summed E-state index contributed by atoms with van der Waals surface area (Å²) in [4.78, 5) is 6.36. The molecule has 0 radical (unpaired) electrons. The van der Waals surface area contributed by atoms with E-state index in [1.807, 2.05) is 55.6 Å². The number of aryl methyl sites for hydroxylation is 1. The van der Waals surface area contributed by atoms with E-state index in [0.29, 0.717) is 6.04 Å². The van der Waals surface area contributed by atoms with Gasteiger partial charge in [0.1, 0.15) is 5.82 Å². The monoisotopic (exact) mass is 366 g/mol. The van der Waals surface area contributed by atoms with E-state index in [1.165, 1.54) is 12.1 Å². The Balaban J connectivity index is 2.99. The molecule has 0 bridgehead atoms. The minimum absolute atomic E-state index is 0.215. The maximum atomic E-state index is 13.0. The van der Waals surface area contributed by atoms with Gasteiger partial charge in [-0.3, -0.25) is 4.99 Å². The van der Waals surface area contributed by atoms with Crippen LogP contribution in [0.1, 0.15) is 39.2 Å². The molecule has 1 unspecified atom stereocenters. The molecular weight excluding hydrogens is 335 g/mol. The fraction of sp³-hybridized carbons (Fsp3) is 0.292. The number of nitrogens with zero attached hydrogens (tertiary/aromatic N) is 2. The smallest absolute Gasteiger partial charge is 0.123 e. The zero-order valence-electron chi connectivity index (χ0n) is 16.7. The van der Waals surface area contributed by atoms with Crippen LogP contribution < -0.4 is 0 Å². The van der Waals surface area contributed by atoms with Gasteiger partial charge in [-0.05, 0) is 63.1 Å². The molecule has 1 aromatic rings. The molecule has 0 aromatic heterocycles. The van der Waals surface area contributed by atoms with Crippen molar-refractivity contribution in [3.05, 3.63) is 96.3 Å². The minimum Gasteiger partial charge on any atom is -0.349 e. The molecule has 0 aliphatic carbocycles. The summed E-state index contributed by atoms with van der Waals surface area (Å²) < 4.78 is 13.0. The van der Waals surface area contributed by atoms with Crippen LogP contribution in [0.15, 0.2) is 89.9 Å². The summed E-state index contributed by atoms with van der Waals surface area (Å²) in [5.41, 5.74) is 3.00. The van der Waals surface area contributed by atoms with Gasteiger partial charge in [0, 0.05) is 18.4 Å². The van der Waals surface area contributed by atoms with Crippen molar-refractivity contribution in [2.24, 2.45) is 4.99 Å². The number of hydrogen-bond donors (Lipinski definition) is 0. The Kier molecular flexibility index (Phi) is 10.5. The zero-order valence-corrected chi connectivity index (χ0v) is 16.7. The molecule has 0 fully saturated rings. The standard InChI is InChI=1S/C24H31FN2/c1-6-9-10-11-21(8-3)18-27(20(4)7-2)19-24(26-5)17-14-22-12-15-23(25)16-13-22/h6,8-13,15-16,18-20H,3,5,7,14,17H2,1-2,4H3/b9-6+,11-10+,21-18+,24-19-. The lowest BCUT2D eigenvalue weighted by molar-refractivity contribution is 0.375. The molecule has 0 spiro atoms. The van der Waals surface area contributed by atoms with Crippen LogP contribution in [0, 0.1) is 5.82 Å². The van der Waals surface area contributed by atoms with Crippen LogP contribution in [-0.2, 0) is 6.42 Å². The summed E-state index contributed by atoms with van der Waals surface area (Å²) in [6, 6.07) is 6.91. The molecule has 0 aliphatic heterocycles. The fourth-order valence-electron chi connectivity index (χ4n) is 2.40. The highest BCUT2D eigenvalue weighted by atomic mass is 19.1. The van der Waals surface area contributed by atoms with E-state index in [0.717, 1.165) is 36.1 Å².